The Labute approximate surface area is 293 Å². The van der Waals surface area contributed by atoms with E-state index in [-0.39, 0.29) is 0 Å². The van der Waals surface area contributed by atoms with Crippen molar-refractivity contribution in [2.45, 2.75) is 5.41 Å². The molecule has 3 nitrogen and oxygen atoms in total. The molecule has 2 heterocycles. The van der Waals surface area contributed by atoms with Crippen molar-refractivity contribution < 1.29 is 0 Å². The summed E-state index contributed by atoms with van der Waals surface area (Å²) in [5.41, 5.74) is 12.7. The first-order chi connectivity index (χ1) is 24.8. The lowest BCUT2D eigenvalue weighted by atomic mass is 9.70. The lowest BCUT2D eigenvalue weighted by molar-refractivity contribution is 0.794. The van der Waals surface area contributed by atoms with E-state index in [0.29, 0.717) is 17.5 Å². The van der Waals surface area contributed by atoms with E-state index >= 15 is 0 Å². The van der Waals surface area contributed by atoms with Crippen molar-refractivity contribution in [3.63, 3.8) is 0 Å². The third-order valence-electron chi connectivity index (χ3n) is 10.6. The van der Waals surface area contributed by atoms with Gasteiger partial charge < -0.3 is 0 Å². The van der Waals surface area contributed by atoms with E-state index in [1.165, 1.54) is 64.7 Å². The largest absolute Gasteiger partial charge is 0.208 e. The molecular weight excluding hydrogens is 627 g/mol. The minimum Gasteiger partial charge on any atom is -0.208 e. The van der Waals surface area contributed by atoms with E-state index in [1.54, 1.807) is 0 Å². The van der Waals surface area contributed by atoms with E-state index in [2.05, 4.69) is 146 Å². The van der Waals surface area contributed by atoms with Crippen molar-refractivity contribution in [1.82, 2.24) is 15.0 Å². The summed E-state index contributed by atoms with van der Waals surface area (Å²) in [4.78, 5) is 15.6. The molecule has 4 heteroatoms. The van der Waals surface area contributed by atoms with E-state index in [0.717, 1.165) is 16.7 Å². The average Bonchev–Trinajstić information content (AvgIpc) is 3.82. The first-order valence-corrected chi connectivity index (χ1v) is 17.8. The van der Waals surface area contributed by atoms with Crippen LogP contribution in [0.5, 0.6) is 0 Å². The Balaban J connectivity index is 1.19. The third kappa shape index (κ3) is 3.71. The van der Waals surface area contributed by atoms with Crippen LogP contribution in [0.3, 0.4) is 0 Å². The third-order valence-corrected chi connectivity index (χ3v) is 11.7. The molecule has 0 aliphatic heterocycles. The molecule has 0 fully saturated rings. The maximum Gasteiger partial charge on any atom is 0.164 e. The zero-order valence-electron chi connectivity index (χ0n) is 26.8. The Hall–Kier alpha value is -6.23. The quantitative estimate of drug-likeness (QED) is 0.190. The highest BCUT2D eigenvalue weighted by atomic mass is 32.1. The van der Waals surface area contributed by atoms with Crippen LogP contribution in [0.4, 0.5) is 0 Å². The van der Waals surface area contributed by atoms with Gasteiger partial charge in [0.25, 0.3) is 0 Å². The highest BCUT2D eigenvalue weighted by molar-refractivity contribution is 7.25. The van der Waals surface area contributed by atoms with E-state index in [1.807, 2.05) is 29.5 Å². The van der Waals surface area contributed by atoms with Gasteiger partial charge in [-0.2, -0.15) is 0 Å². The van der Waals surface area contributed by atoms with Crippen LogP contribution >= 0.6 is 11.3 Å². The van der Waals surface area contributed by atoms with Gasteiger partial charge in [-0.25, -0.2) is 15.0 Å². The molecule has 0 saturated heterocycles. The standard InChI is InChI=1S/C46H27N3S/c1-2-13-28(14-3-1)43-47-44(29-25-26-33-32-17-7-11-24-40(32)50-41(33)27-29)49-45(48-43)35-19-12-23-39-42(35)34-18-6-10-22-38(34)46(39)36-20-8-4-15-30(36)31-16-5-9-21-37(31)46/h1-27H. The fourth-order valence-electron chi connectivity index (χ4n) is 8.54. The van der Waals surface area contributed by atoms with Crippen LogP contribution in [0.15, 0.2) is 164 Å². The smallest absolute Gasteiger partial charge is 0.164 e. The number of benzene rings is 7. The van der Waals surface area contributed by atoms with Crippen molar-refractivity contribution in [3.05, 3.63) is 186 Å². The monoisotopic (exact) mass is 653 g/mol. The molecule has 2 aliphatic carbocycles. The average molecular weight is 654 g/mol. The molecule has 1 spiro atoms. The van der Waals surface area contributed by atoms with Crippen LogP contribution in [0.1, 0.15) is 22.3 Å². The van der Waals surface area contributed by atoms with Gasteiger partial charge in [-0.05, 0) is 56.6 Å². The Bertz CT molecular complexity index is 2790. The Morgan fingerprint density at radius 3 is 1.66 bits per heavy atom. The summed E-state index contributed by atoms with van der Waals surface area (Å²) in [5, 5.41) is 2.54. The van der Waals surface area contributed by atoms with Gasteiger partial charge in [-0.15, -0.1) is 11.3 Å². The lowest BCUT2D eigenvalue weighted by Crippen LogP contribution is -2.25. The molecule has 2 aromatic heterocycles. The first-order valence-electron chi connectivity index (χ1n) is 17.0. The maximum absolute atomic E-state index is 5.30. The van der Waals surface area contributed by atoms with Gasteiger partial charge >= 0.3 is 0 Å². The van der Waals surface area contributed by atoms with Gasteiger partial charge in [-0.1, -0.05) is 152 Å². The van der Waals surface area contributed by atoms with Crippen LogP contribution in [-0.4, -0.2) is 15.0 Å². The van der Waals surface area contributed by atoms with Crippen LogP contribution in [-0.2, 0) is 5.41 Å². The molecule has 9 aromatic rings. The number of thiophene rings is 1. The molecule has 0 atom stereocenters. The number of aromatic nitrogens is 3. The SMILES string of the molecule is c1ccc(-c2nc(-c3ccc4c(c3)sc3ccccc34)nc(-c3cccc4c3-c3ccccc3C43c4ccccc4-c4ccccc43)n2)cc1. The van der Waals surface area contributed by atoms with Crippen molar-refractivity contribution >= 4 is 31.5 Å². The maximum atomic E-state index is 5.30. The van der Waals surface area contributed by atoms with Gasteiger partial charge in [0, 0.05) is 36.9 Å². The molecule has 11 rings (SSSR count). The second kappa shape index (κ2) is 10.4. The van der Waals surface area contributed by atoms with Crippen molar-refractivity contribution in [3.8, 4) is 56.4 Å². The van der Waals surface area contributed by atoms with Crippen LogP contribution in [0, 0.1) is 0 Å². The Morgan fingerprint density at radius 1 is 0.360 bits per heavy atom. The molecule has 0 saturated carbocycles. The second-order valence-corrected chi connectivity index (χ2v) is 14.2. The molecular formula is C46H27N3S. The van der Waals surface area contributed by atoms with Gasteiger partial charge in [-0.3, -0.25) is 0 Å². The van der Waals surface area contributed by atoms with Crippen molar-refractivity contribution in [2.75, 3.05) is 0 Å². The normalized spacial score (nSPS) is 13.4. The number of hydrogen-bond donors (Lipinski definition) is 0. The molecule has 0 unspecified atom stereocenters. The fraction of sp³-hybridized carbons (Fsp3) is 0.0217. The summed E-state index contributed by atoms with van der Waals surface area (Å²) in [5.74, 6) is 2.01. The number of rotatable bonds is 3. The van der Waals surface area contributed by atoms with E-state index in [4.69, 9.17) is 15.0 Å². The summed E-state index contributed by atoms with van der Waals surface area (Å²) >= 11 is 1.81. The summed E-state index contributed by atoms with van der Waals surface area (Å²) < 4.78 is 2.51. The van der Waals surface area contributed by atoms with E-state index < -0.39 is 5.41 Å². The Morgan fingerprint density at radius 2 is 0.900 bits per heavy atom. The molecule has 0 radical (unpaired) electrons. The minimum atomic E-state index is -0.431. The first kappa shape index (κ1) is 27.7. The number of nitrogens with zero attached hydrogens (tertiary/aromatic N) is 3. The topological polar surface area (TPSA) is 38.7 Å². The van der Waals surface area contributed by atoms with Crippen molar-refractivity contribution in [1.29, 1.82) is 0 Å². The van der Waals surface area contributed by atoms with Gasteiger partial charge in [0.15, 0.2) is 17.5 Å². The zero-order chi connectivity index (χ0) is 32.8. The lowest BCUT2D eigenvalue weighted by Gasteiger charge is -2.30. The summed E-state index contributed by atoms with van der Waals surface area (Å²) in [6.45, 7) is 0. The molecule has 232 valence electrons. The number of hydrogen-bond acceptors (Lipinski definition) is 4. The van der Waals surface area contributed by atoms with Crippen LogP contribution in [0.25, 0.3) is 76.6 Å². The zero-order valence-corrected chi connectivity index (χ0v) is 27.7. The minimum absolute atomic E-state index is 0.431. The number of fused-ring (bicyclic) bond motifs is 13. The van der Waals surface area contributed by atoms with Gasteiger partial charge in [0.05, 0.1) is 5.41 Å². The molecule has 2 aliphatic rings. The highest BCUT2D eigenvalue weighted by Gasteiger charge is 2.52. The predicted octanol–water partition coefficient (Wildman–Crippen LogP) is 11.6. The fourth-order valence-corrected chi connectivity index (χ4v) is 9.68. The highest BCUT2D eigenvalue weighted by Crippen LogP contribution is 2.63. The van der Waals surface area contributed by atoms with Gasteiger partial charge in [0.2, 0.25) is 0 Å². The predicted molar refractivity (Wildman–Crippen MR) is 205 cm³/mol. The van der Waals surface area contributed by atoms with Crippen LogP contribution in [0.2, 0.25) is 0 Å². The van der Waals surface area contributed by atoms with Crippen LogP contribution < -0.4 is 0 Å². The summed E-state index contributed by atoms with van der Waals surface area (Å²) in [6.07, 6.45) is 0. The second-order valence-electron chi connectivity index (χ2n) is 13.1. The molecule has 7 aromatic carbocycles. The summed E-state index contributed by atoms with van der Waals surface area (Å²) in [6, 6.07) is 58.9. The van der Waals surface area contributed by atoms with E-state index in [9.17, 15) is 0 Å². The van der Waals surface area contributed by atoms with Gasteiger partial charge in [0.1, 0.15) is 0 Å². The molecule has 0 bridgehead atoms. The molecule has 50 heavy (non-hydrogen) atoms. The Kier molecular flexibility index (Phi) is 5.75. The van der Waals surface area contributed by atoms with Crippen molar-refractivity contribution in [2.24, 2.45) is 0 Å². The molecule has 0 amide bonds. The summed E-state index contributed by atoms with van der Waals surface area (Å²) in [7, 11) is 0. The molecule has 0 N–H and O–H groups in total.